The van der Waals surface area contributed by atoms with Crippen molar-refractivity contribution in [3.63, 3.8) is 0 Å². The quantitative estimate of drug-likeness (QED) is 0.234. The van der Waals surface area contributed by atoms with Crippen LogP contribution < -0.4 is 11.1 Å². The maximum Gasteiger partial charge on any atom is 0.386 e. The number of likely N-dealkylation sites (N-methyl/N-ethyl adjacent to an activating group) is 1. The number of fused-ring (bicyclic) bond motifs is 2. The number of nitrogens with zero attached hydrogens (tertiary/aromatic N) is 5. The number of imidazole rings is 1. The Labute approximate surface area is 196 Å². The fourth-order valence-corrected chi connectivity index (χ4v) is 4.11. The third-order valence-corrected chi connectivity index (χ3v) is 6.07. The Hall–Kier alpha value is -4.05. The van der Waals surface area contributed by atoms with E-state index in [0.29, 0.717) is 48.6 Å². The van der Waals surface area contributed by atoms with Gasteiger partial charge >= 0.3 is 5.82 Å². The van der Waals surface area contributed by atoms with Gasteiger partial charge in [-0.25, -0.2) is 4.98 Å². The minimum Gasteiger partial charge on any atom is -0.398 e. The molecule has 34 heavy (non-hydrogen) atoms. The van der Waals surface area contributed by atoms with Gasteiger partial charge in [-0.3, -0.25) is 9.69 Å². The second kappa shape index (κ2) is 9.44. The highest BCUT2D eigenvalue weighted by Crippen LogP contribution is 2.31. The molecule has 10 nitrogen and oxygen atoms in total. The molecule has 2 aromatic heterocycles. The van der Waals surface area contributed by atoms with Crippen molar-refractivity contribution in [3.05, 3.63) is 69.7 Å². The molecule has 3 N–H and O–H groups in total. The number of carbonyl (C=O) groups excluding carboxylic acids is 1. The van der Waals surface area contributed by atoms with Gasteiger partial charge in [-0.1, -0.05) is 37.3 Å². The molecule has 0 fully saturated rings. The van der Waals surface area contributed by atoms with Crippen molar-refractivity contribution < 1.29 is 9.72 Å². The number of anilines is 1. The zero-order valence-electron chi connectivity index (χ0n) is 19.4. The first-order valence-electron chi connectivity index (χ1n) is 11.0. The predicted molar refractivity (Wildman–Crippen MR) is 132 cm³/mol. The summed E-state index contributed by atoms with van der Waals surface area (Å²) in [6.07, 6.45) is 1.44. The average molecular weight is 462 g/mol. The maximum atomic E-state index is 13.1. The average Bonchev–Trinajstić information content (AvgIpc) is 3.19. The lowest BCUT2D eigenvalue weighted by atomic mass is 10.0. The van der Waals surface area contributed by atoms with Crippen molar-refractivity contribution in [1.29, 1.82) is 0 Å². The molecule has 0 unspecified atom stereocenters. The SMILES string of the molecule is CCN(CCNC(=O)c1cccc2c(N)c3cccc(C)c3nc12)Cc1c([N+](=O)[O-])ncn1C. The Morgan fingerprint density at radius 1 is 1.21 bits per heavy atom. The second-order valence-electron chi connectivity index (χ2n) is 8.21. The lowest BCUT2D eigenvalue weighted by Gasteiger charge is -2.20. The van der Waals surface area contributed by atoms with Crippen LogP contribution >= 0.6 is 0 Å². The van der Waals surface area contributed by atoms with E-state index in [-0.39, 0.29) is 11.7 Å². The molecule has 0 saturated heterocycles. The number of carbonyl (C=O) groups is 1. The summed E-state index contributed by atoms with van der Waals surface area (Å²) in [4.78, 5) is 34.5. The molecule has 0 atom stereocenters. The van der Waals surface area contributed by atoms with Crippen LogP contribution in [0.25, 0.3) is 21.8 Å². The van der Waals surface area contributed by atoms with Crippen LogP contribution in [0.2, 0.25) is 0 Å². The van der Waals surface area contributed by atoms with Gasteiger partial charge in [-0.05, 0) is 35.0 Å². The Morgan fingerprint density at radius 3 is 2.62 bits per heavy atom. The van der Waals surface area contributed by atoms with E-state index in [1.54, 1.807) is 23.7 Å². The van der Waals surface area contributed by atoms with Gasteiger partial charge < -0.3 is 25.7 Å². The van der Waals surface area contributed by atoms with E-state index >= 15 is 0 Å². The van der Waals surface area contributed by atoms with Crippen molar-refractivity contribution >= 4 is 39.2 Å². The summed E-state index contributed by atoms with van der Waals surface area (Å²) in [5.74, 6) is -0.389. The monoisotopic (exact) mass is 461 g/mol. The van der Waals surface area contributed by atoms with Crippen LogP contribution in [0.5, 0.6) is 0 Å². The fourth-order valence-electron chi connectivity index (χ4n) is 4.11. The first-order valence-corrected chi connectivity index (χ1v) is 11.0. The minimum atomic E-state index is -0.477. The van der Waals surface area contributed by atoms with Gasteiger partial charge in [-0.15, -0.1) is 0 Å². The molecule has 10 heteroatoms. The molecule has 0 aliphatic heterocycles. The fraction of sp³-hybridized carbons (Fsp3) is 0.292. The number of amides is 1. The summed E-state index contributed by atoms with van der Waals surface area (Å²) in [7, 11) is 1.73. The molecular weight excluding hydrogens is 434 g/mol. The molecule has 0 spiro atoms. The van der Waals surface area contributed by atoms with E-state index < -0.39 is 4.92 Å². The van der Waals surface area contributed by atoms with E-state index in [2.05, 4.69) is 10.3 Å². The molecule has 4 rings (SSSR count). The van der Waals surface area contributed by atoms with Crippen LogP contribution in [0, 0.1) is 17.0 Å². The Morgan fingerprint density at radius 2 is 1.91 bits per heavy atom. The molecule has 4 aromatic rings. The van der Waals surface area contributed by atoms with E-state index in [9.17, 15) is 14.9 Å². The molecule has 2 aromatic carbocycles. The number of nitrogen functional groups attached to an aromatic ring is 1. The number of para-hydroxylation sites is 2. The number of hydrogen-bond acceptors (Lipinski definition) is 7. The predicted octanol–water partition coefficient (Wildman–Crippen LogP) is 3.17. The van der Waals surface area contributed by atoms with Gasteiger partial charge in [0, 0.05) is 37.5 Å². The van der Waals surface area contributed by atoms with Gasteiger partial charge in [0.2, 0.25) is 6.33 Å². The molecule has 0 radical (unpaired) electrons. The lowest BCUT2D eigenvalue weighted by Crippen LogP contribution is -2.35. The summed E-state index contributed by atoms with van der Waals surface area (Å²) >= 11 is 0. The molecule has 2 heterocycles. The number of benzene rings is 2. The number of pyridine rings is 1. The van der Waals surface area contributed by atoms with Gasteiger partial charge in [0.15, 0.2) is 0 Å². The van der Waals surface area contributed by atoms with E-state index in [0.717, 1.165) is 21.9 Å². The number of hydrogen-bond donors (Lipinski definition) is 2. The molecule has 0 saturated carbocycles. The number of nitrogens with one attached hydrogen (secondary N) is 1. The zero-order valence-corrected chi connectivity index (χ0v) is 19.4. The van der Waals surface area contributed by atoms with E-state index in [1.165, 1.54) is 6.33 Å². The number of aromatic nitrogens is 3. The molecule has 1 amide bonds. The second-order valence-corrected chi connectivity index (χ2v) is 8.21. The first-order chi connectivity index (χ1) is 16.3. The third kappa shape index (κ3) is 4.27. The number of aryl methyl sites for hydroxylation is 2. The summed E-state index contributed by atoms with van der Waals surface area (Å²) in [5.41, 5.74) is 10.3. The van der Waals surface area contributed by atoms with Crippen LogP contribution in [0.1, 0.15) is 28.5 Å². The van der Waals surface area contributed by atoms with Crippen molar-refractivity contribution in [1.82, 2.24) is 24.8 Å². The van der Waals surface area contributed by atoms with Crippen LogP contribution in [0.3, 0.4) is 0 Å². The molecule has 176 valence electrons. The summed E-state index contributed by atoms with van der Waals surface area (Å²) in [6, 6.07) is 11.3. The highest BCUT2D eigenvalue weighted by molar-refractivity contribution is 6.13. The first kappa shape index (κ1) is 23.1. The smallest absolute Gasteiger partial charge is 0.386 e. The van der Waals surface area contributed by atoms with Crippen molar-refractivity contribution in [2.24, 2.45) is 7.05 Å². The Bertz CT molecular complexity index is 1400. The summed E-state index contributed by atoms with van der Waals surface area (Å²) in [5, 5.41) is 15.8. The van der Waals surface area contributed by atoms with Crippen LogP contribution in [0.4, 0.5) is 11.5 Å². The van der Waals surface area contributed by atoms with Crippen LogP contribution in [0.15, 0.2) is 42.7 Å². The maximum absolute atomic E-state index is 13.1. The zero-order chi connectivity index (χ0) is 24.4. The van der Waals surface area contributed by atoms with Crippen LogP contribution in [-0.4, -0.2) is 49.9 Å². The number of nitro groups is 1. The minimum absolute atomic E-state index is 0.146. The van der Waals surface area contributed by atoms with Crippen LogP contribution in [-0.2, 0) is 13.6 Å². The number of nitrogens with two attached hydrogens (primary N) is 1. The van der Waals surface area contributed by atoms with E-state index in [1.807, 2.05) is 43.0 Å². The Balaban J connectivity index is 1.51. The molecular formula is C24H27N7O3. The third-order valence-electron chi connectivity index (χ3n) is 6.07. The van der Waals surface area contributed by atoms with E-state index in [4.69, 9.17) is 10.7 Å². The molecule has 0 aliphatic rings. The van der Waals surface area contributed by atoms with Gasteiger partial charge in [-0.2, -0.15) is 0 Å². The van der Waals surface area contributed by atoms with Crippen molar-refractivity contribution in [2.75, 3.05) is 25.4 Å². The Kier molecular flexibility index (Phi) is 6.42. The van der Waals surface area contributed by atoms with Gasteiger partial charge in [0.05, 0.1) is 22.3 Å². The topological polar surface area (TPSA) is 132 Å². The standard InChI is InChI=1S/C24H27N7O3/c1-4-30(13-19-23(31(33)34)27-14-29(19)3)12-11-26-24(32)18-10-6-9-17-20(25)16-8-5-7-15(2)21(16)28-22(17)18/h5-10,14H,4,11-13H2,1-3H3,(H2,25,28)(H,26,32). The largest absolute Gasteiger partial charge is 0.398 e. The highest BCUT2D eigenvalue weighted by atomic mass is 16.6. The normalized spacial score (nSPS) is 11.4. The molecule has 0 aliphatic carbocycles. The lowest BCUT2D eigenvalue weighted by molar-refractivity contribution is -0.390. The highest BCUT2D eigenvalue weighted by Gasteiger charge is 2.22. The summed E-state index contributed by atoms with van der Waals surface area (Å²) in [6.45, 7) is 5.85. The van der Waals surface area contributed by atoms with Gasteiger partial charge in [0.1, 0.15) is 5.69 Å². The van der Waals surface area contributed by atoms with Crippen molar-refractivity contribution in [2.45, 2.75) is 20.4 Å². The van der Waals surface area contributed by atoms with Crippen molar-refractivity contribution in [3.8, 4) is 0 Å². The molecule has 0 bridgehead atoms. The number of rotatable bonds is 8. The van der Waals surface area contributed by atoms with Gasteiger partial charge in [0.25, 0.3) is 5.91 Å². The summed E-state index contributed by atoms with van der Waals surface area (Å²) < 4.78 is 1.65.